The van der Waals surface area contributed by atoms with E-state index in [1.54, 1.807) is 0 Å². The first-order valence-electron chi connectivity index (χ1n) is 2.84. The Kier molecular flexibility index (Phi) is 4.04. The van der Waals surface area contributed by atoms with Crippen LogP contribution in [0.4, 0.5) is 8.78 Å². The molecule has 0 fully saturated rings. The average Bonchev–Trinajstić information content (AvgIpc) is 1.85. The quantitative estimate of drug-likeness (QED) is 0.637. The molecule has 0 bridgehead atoms. The molecule has 0 aliphatic heterocycles. The summed E-state index contributed by atoms with van der Waals surface area (Å²) < 4.78 is 45.0. The van der Waals surface area contributed by atoms with E-state index in [0.29, 0.717) is 0 Å². The lowest BCUT2D eigenvalue weighted by atomic mass is 10.5. The highest BCUT2D eigenvalue weighted by Gasteiger charge is 2.22. The van der Waals surface area contributed by atoms with Gasteiger partial charge in [0, 0.05) is 6.54 Å². The van der Waals surface area contributed by atoms with Gasteiger partial charge in [0.15, 0.2) is 0 Å². The number of halogens is 2. The van der Waals surface area contributed by atoms with Gasteiger partial charge in [0.1, 0.15) is 0 Å². The van der Waals surface area contributed by atoms with Crippen molar-refractivity contribution in [2.75, 3.05) is 6.54 Å². The van der Waals surface area contributed by atoms with Crippen LogP contribution in [0.15, 0.2) is 0 Å². The first kappa shape index (κ1) is 11.2. The molecule has 0 heterocycles. The van der Waals surface area contributed by atoms with E-state index < -0.39 is 34.7 Å². The molecule has 8 heteroatoms. The van der Waals surface area contributed by atoms with Crippen molar-refractivity contribution in [1.29, 1.82) is 0 Å². The van der Waals surface area contributed by atoms with Gasteiger partial charge >= 0.3 is 11.7 Å². The number of rotatable bonds is 5. The zero-order chi connectivity index (χ0) is 9.78. The summed E-state index contributed by atoms with van der Waals surface area (Å²) in [4.78, 5) is 9.83. The SMILES string of the molecule is O=C(O)CCNS(=O)(=O)C(F)F. The van der Waals surface area contributed by atoms with Gasteiger partial charge in [-0.25, -0.2) is 13.1 Å². The summed E-state index contributed by atoms with van der Waals surface area (Å²) in [7, 11) is -4.64. The van der Waals surface area contributed by atoms with E-state index in [1.165, 1.54) is 4.72 Å². The maximum Gasteiger partial charge on any atom is 0.350 e. The fraction of sp³-hybridized carbons (Fsp3) is 0.750. The molecule has 0 saturated carbocycles. The lowest BCUT2D eigenvalue weighted by Crippen LogP contribution is -2.31. The first-order chi connectivity index (χ1) is 5.36. The van der Waals surface area contributed by atoms with Crippen molar-refractivity contribution in [2.45, 2.75) is 12.2 Å². The third-order valence-corrected chi connectivity index (χ3v) is 1.95. The fourth-order valence-electron chi connectivity index (χ4n) is 0.363. The number of carbonyl (C=O) groups is 1. The van der Waals surface area contributed by atoms with Crippen LogP contribution in [-0.2, 0) is 14.8 Å². The van der Waals surface area contributed by atoms with Gasteiger partial charge in [-0.05, 0) is 0 Å². The van der Waals surface area contributed by atoms with E-state index in [9.17, 15) is 22.0 Å². The summed E-state index contributed by atoms with van der Waals surface area (Å²) in [6.07, 6.45) is -0.522. The lowest BCUT2D eigenvalue weighted by molar-refractivity contribution is -0.136. The van der Waals surface area contributed by atoms with Gasteiger partial charge < -0.3 is 5.11 Å². The van der Waals surface area contributed by atoms with Crippen LogP contribution in [0.2, 0.25) is 0 Å². The molecule has 0 aliphatic rings. The van der Waals surface area contributed by atoms with Crippen molar-refractivity contribution in [1.82, 2.24) is 4.72 Å². The second-order valence-electron chi connectivity index (χ2n) is 1.84. The third kappa shape index (κ3) is 4.19. The average molecular weight is 203 g/mol. The normalized spacial score (nSPS) is 11.9. The highest BCUT2D eigenvalue weighted by atomic mass is 32.2. The number of hydrogen-bond acceptors (Lipinski definition) is 3. The fourth-order valence-corrected chi connectivity index (χ4v) is 0.876. The molecule has 0 atom stereocenters. The van der Waals surface area contributed by atoms with Crippen LogP contribution in [-0.4, -0.2) is 31.8 Å². The Morgan fingerprint density at radius 1 is 1.50 bits per heavy atom. The number of nitrogens with one attached hydrogen (secondary N) is 1. The highest BCUT2D eigenvalue weighted by molar-refractivity contribution is 7.89. The predicted molar refractivity (Wildman–Crippen MR) is 35.2 cm³/mol. The standard InChI is InChI=1S/C4H7F2NO4S/c5-4(6)12(10,11)7-2-1-3(8)9/h4,7H,1-2H2,(H,8,9). The van der Waals surface area contributed by atoms with E-state index in [-0.39, 0.29) is 0 Å². The van der Waals surface area contributed by atoms with Gasteiger partial charge in [-0.15, -0.1) is 0 Å². The van der Waals surface area contributed by atoms with E-state index in [0.717, 1.165) is 0 Å². The Balaban J connectivity index is 3.86. The van der Waals surface area contributed by atoms with E-state index in [1.807, 2.05) is 0 Å². The topological polar surface area (TPSA) is 83.5 Å². The molecule has 0 aromatic carbocycles. The number of alkyl halides is 2. The zero-order valence-corrected chi connectivity index (χ0v) is 6.64. The molecule has 5 nitrogen and oxygen atoms in total. The molecule has 2 N–H and O–H groups in total. The maximum absolute atomic E-state index is 11.5. The van der Waals surface area contributed by atoms with Crippen LogP contribution in [0.1, 0.15) is 6.42 Å². The highest BCUT2D eigenvalue weighted by Crippen LogP contribution is 2.00. The van der Waals surface area contributed by atoms with Crippen molar-refractivity contribution < 1.29 is 27.1 Å². The van der Waals surface area contributed by atoms with Crippen LogP contribution >= 0.6 is 0 Å². The van der Waals surface area contributed by atoms with Crippen LogP contribution in [0.25, 0.3) is 0 Å². The molecule has 0 saturated heterocycles. The molecule has 72 valence electrons. The van der Waals surface area contributed by atoms with Gasteiger partial charge in [0.2, 0.25) is 0 Å². The molecule has 0 aliphatic carbocycles. The molecule has 0 unspecified atom stereocenters. The Morgan fingerprint density at radius 3 is 2.33 bits per heavy atom. The monoisotopic (exact) mass is 203 g/mol. The van der Waals surface area contributed by atoms with Crippen molar-refractivity contribution in [3.63, 3.8) is 0 Å². The second kappa shape index (κ2) is 4.31. The summed E-state index contributed by atoms with van der Waals surface area (Å²) in [5.41, 5.74) is 0. The Hall–Kier alpha value is -0.760. The van der Waals surface area contributed by atoms with Gasteiger partial charge in [0.25, 0.3) is 10.0 Å². The van der Waals surface area contributed by atoms with Gasteiger partial charge in [-0.1, -0.05) is 0 Å². The molecule has 0 aromatic rings. The number of hydrogen-bond donors (Lipinski definition) is 2. The van der Waals surface area contributed by atoms with Gasteiger partial charge in [0.05, 0.1) is 6.42 Å². The number of sulfonamides is 1. The van der Waals surface area contributed by atoms with E-state index in [2.05, 4.69) is 0 Å². The maximum atomic E-state index is 11.5. The minimum Gasteiger partial charge on any atom is -0.481 e. The molecule has 0 amide bonds. The molecule has 12 heavy (non-hydrogen) atoms. The molecular formula is C4H7F2NO4S. The summed E-state index contributed by atoms with van der Waals surface area (Å²) in [6, 6.07) is 0. The smallest absolute Gasteiger partial charge is 0.350 e. The third-order valence-electron chi connectivity index (χ3n) is 0.877. The van der Waals surface area contributed by atoms with Crippen molar-refractivity contribution in [3.8, 4) is 0 Å². The molecule has 0 spiro atoms. The van der Waals surface area contributed by atoms with Crippen LogP contribution in [0, 0.1) is 0 Å². The van der Waals surface area contributed by atoms with Crippen LogP contribution in [0.5, 0.6) is 0 Å². The van der Waals surface area contributed by atoms with Crippen molar-refractivity contribution >= 4 is 16.0 Å². The van der Waals surface area contributed by atoms with Gasteiger partial charge in [-0.2, -0.15) is 8.78 Å². The summed E-state index contributed by atoms with van der Waals surface area (Å²) in [5, 5.41) is 8.03. The summed E-state index contributed by atoms with van der Waals surface area (Å²) in [5.74, 6) is -4.78. The van der Waals surface area contributed by atoms with Crippen molar-refractivity contribution in [3.05, 3.63) is 0 Å². The molecule has 0 radical (unpaired) electrons. The lowest BCUT2D eigenvalue weighted by Gasteiger charge is -2.02. The number of carboxylic acid groups (broad SMARTS) is 1. The Morgan fingerprint density at radius 2 is 2.00 bits per heavy atom. The number of carboxylic acids is 1. The first-order valence-corrected chi connectivity index (χ1v) is 4.39. The predicted octanol–water partition coefficient (Wildman–Crippen LogP) is -0.397. The Bertz CT molecular complexity index is 250. The molecule has 0 aromatic heterocycles. The van der Waals surface area contributed by atoms with Crippen LogP contribution < -0.4 is 4.72 Å². The number of aliphatic carboxylic acids is 1. The van der Waals surface area contributed by atoms with Crippen LogP contribution in [0.3, 0.4) is 0 Å². The second-order valence-corrected chi connectivity index (χ2v) is 3.58. The van der Waals surface area contributed by atoms with E-state index in [4.69, 9.17) is 5.11 Å². The molecule has 0 rings (SSSR count). The zero-order valence-electron chi connectivity index (χ0n) is 5.83. The summed E-state index contributed by atoms with van der Waals surface area (Å²) >= 11 is 0. The minimum absolute atomic E-state index is 0.522. The van der Waals surface area contributed by atoms with E-state index >= 15 is 0 Å². The minimum atomic E-state index is -4.64. The van der Waals surface area contributed by atoms with Gasteiger partial charge in [-0.3, -0.25) is 4.79 Å². The largest absolute Gasteiger partial charge is 0.481 e. The van der Waals surface area contributed by atoms with Crippen molar-refractivity contribution in [2.24, 2.45) is 0 Å². The summed E-state index contributed by atoms with van der Waals surface area (Å²) in [6.45, 7) is -0.526. The molecular weight excluding hydrogens is 196 g/mol. The Labute approximate surface area is 67.4 Å².